The SMILES string of the molecule is CC(=O)N1Cc2ccccc2OC(C2CCN(Cc3cccc4cccnc34)CC2)C1. The van der Waals surface area contributed by atoms with Crippen molar-refractivity contribution in [2.75, 3.05) is 19.6 Å². The first kappa shape index (κ1) is 20.0. The Morgan fingerprint density at radius 2 is 1.87 bits per heavy atom. The lowest BCUT2D eigenvalue weighted by Gasteiger charge is -2.36. The molecule has 0 spiro atoms. The minimum Gasteiger partial charge on any atom is -0.488 e. The van der Waals surface area contributed by atoms with E-state index in [1.807, 2.05) is 35.4 Å². The highest BCUT2D eigenvalue weighted by Crippen LogP contribution is 2.31. The lowest BCUT2D eigenvalue weighted by Crippen LogP contribution is -2.44. The lowest BCUT2D eigenvalue weighted by atomic mass is 9.90. The molecule has 2 aromatic carbocycles. The summed E-state index contributed by atoms with van der Waals surface area (Å²) in [5, 5.41) is 1.20. The Labute approximate surface area is 183 Å². The average Bonchev–Trinajstić information content (AvgIpc) is 3.00. The van der Waals surface area contributed by atoms with Gasteiger partial charge in [-0.2, -0.15) is 0 Å². The minimum atomic E-state index is 0.0499. The number of benzene rings is 2. The fourth-order valence-electron chi connectivity index (χ4n) is 4.94. The predicted molar refractivity (Wildman–Crippen MR) is 122 cm³/mol. The predicted octanol–water partition coefficient (Wildman–Crippen LogP) is 4.26. The molecule has 5 rings (SSSR count). The van der Waals surface area contributed by atoms with Crippen LogP contribution in [-0.4, -0.2) is 46.4 Å². The first-order valence-corrected chi connectivity index (χ1v) is 11.2. The first-order chi connectivity index (χ1) is 15.2. The number of rotatable bonds is 3. The molecule has 1 atom stereocenters. The Kier molecular flexibility index (Phi) is 5.60. The lowest BCUT2D eigenvalue weighted by molar-refractivity contribution is -0.130. The molecule has 0 radical (unpaired) electrons. The molecule has 0 aliphatic carbocycles. The summed E-state index contributed by atoms with van der Waals surface area (Å²) in [6.07, 6.45) is 4.09. The van der Waals surface area contributed by atoms with E-state index in [2.05, 4.69) is 40.2 Å². The molecule has 5 heteroatoms. The number of likely N-dealkylation sites (tertiary alicyclic amines) is 1. The summed E-state index contributed by atoms with van der Waals surface area (Å²) in [6, 6.07) is 18.7. The highest BCUT2D eigenvalue weighted by atomic mass is 16.5. The number of amides is 1. The van der Waals surface area contributed by atoms with Gasteiger partial charge in [0.15, 0.2) is 0 Å². The molecule has 1 unspecified atom stereocenters. The van der Waals surface area contributed by atoms with Crippen LogP contribution in [0.2, 0.25) is 0 Å². The van der Waals surface area contributed by atoms with Crippen molar-refractivity contribution in [3.8, 4) is 5.75 Å². The Bertz CT molecular complexity index is 1070. The molecule has 5 nitrogen and oxygen atoms in total. The van der Waals surface area contributed by atoms with E-state index in [9.17, 15) is 4.79 Å². The van der Waals surface area contributed by atoms with Crippen LogP contribution in [0.5, 0.6) is 5.75 Å². The van der Waals surface area contributed by atoms with Crippen molar-refractivity contribution in [1.82, 2.24) is 14.8 Å². The highest BCUT2D eigenvalue weighted by molar-refractivity contribution is 5.81. The van der Waals surface area contributed by atoms with Gasteiger partial charge >= 0.3 is 0 Å². The second-order valence-electron chi connectivity index (χ2n) is 8.77. The van der Waals surface area contributed by atoms with Crippen LogP contribution in [0.15, 0.2) is 60.8 Å². The number of hydrogen-bond acceptors (Lipinski definition) is 4. The summed E-state index contributed by atoms with van der Waals surface area (Å²) in [5.41, 5.74) is 3.49. The smallest absolute Gasteiger partial charge is 0.219 e. The van der Waals surface area contributed by atoms with Gasteiger partial charge in [-0.1, -0.05) is 42.5 Å². The van der Waals surface area contributed by atoms with Crippen molar-refractivity contribution >= 4 is 16.8 Å². The molecule has 3 heterocycles. The second-order valence-corrected chi connectivity index (χ2v) is 8.77. The number of pyridine rings is 1. The Balaban J connectivity index is 1.27. The average molecular weight is 416 g/mol. The van der Waals surface area contributed by atoms with Crippen LogP contribution in [0.3, 0.4) is 0 Å². The molecule has 2 aliphatic rings. The minimum absolute atomic E-state index is 0.0499. The van der Waals surface area contributed by atoms with Crippen molar-refractivity contribution in [3.63, 3.8) is 0 Å². The number of carbonyl (C=O) groups is 1. The van der Waals surface area contributed by atoms with Gasteiger partial charge < -0.3 is 9.64 Å². The fourth-order valence-corrected chi connectivity index (χ4v) is 4.94. The van der Waals surface area contributed by atoms with E-state index in [4.69, 9.17) is 4.74 Å². The van der Waals surface area contributed by atoms with Gasteiger partial charge in [0.2, 0.25) is 5.91 Å². The maximum atomic E-state index is 12.2. The number of aromatic nitrogens is 1. The fraction of sp³-hybridized carbons (Fsp3) is 0.385. The van der Waals surface area contributed by atoms with Gasteiger partial charge in [-0.25, -0.2) is 0 Å². The van der Waals surface area contributed by atoms with E-state index >= 15 is 0 Å². The second kappa shape index (κ2) is 8.67. The molecule has 1 amide bonds. The summed E-state index contributed by atoms with van der Waals surface area (Å²) >= 11 is 0. The van der Waals surface area contributed by atoms with Gasteiger partial charge in [0.25, 0.3) is 0 Å². The molecular formula is C26H29N3O2. The van der Waals surface area contributed by atoms with Crippen LogP contribution in [0.25, 0.3) is 10.9 Å². The van der Waals surface area contributed by atoms with E-state index in [1.165, 1.54) is 10.9 Å². The van der Waals surface area contributed by atoms with Gasteiger partial charge in [-0.3, -0.25) is 14.7 Å². The van der Waals surface area contributed by atoms with Crippen molar-refractivity contribution in [2.45, 2.75) is 39.0 Å². The van der Waals surface area contributed by atoms with E-state index in [-0.39, 0.29) is 12.0 Å². The van der Waals surface area contributed by atoms with Gasteiger partial charge in [0.1, 0.15) is 11.9 Å². The highest BCUT2D eigenvalue weighted by Gasteiger charge is 2.33. The molecule has 0 saturated carbocycles. The van der Waals surface area contributed by atoms with E-state index in [1.54, 1.807) is 6.92 Å². The maximum absolute atomic E-state index is 12.2. The number of carbonyl (C=O) groups excluding carboxylic acids is 1. The molecule has 1 aromatic heterocycles. The zero-order chi connectivity index (χ0) is 21.2. The molecular weight excluding hydrogens is 386 g/mol. The van der Waals surface area contributed by atoms with Gasteiger partial charge in [0, 0.05) is 43.1 Å². The third-order valence-electron chi connectivity index (χ3n) is 6.73. The summed E-state index contributed by atoms with van der Waals surface area (Å²) < 4.78 is 6.47. The summed E-state index contributed by atoms with van der Waals surface area (Å²) in [4.78, 5) is 21.3. The van der Waals surface area contributed by atoms with Crippen LogP contribution in [-0.2, 0) is 17.9 Å². The van der Waals surface area contributed by atoms with Crippen LogP contribution in [0.4, 0.5) is 0 Å². The van der Waals surface area contributed by atoms with Crippen LogP contribution in [0, 0.1) is 5.92 Å². The third-order valence-corrected chi connectivity index (χ3v) is 6.73. The van der Waals surface area contributed by atoms with Crippen LogP contribution in [0.1, 0.15) is 30.9 Å². The van der Waals surface area contributed by atoms with Crippen LogP contribution < -0.4 is 4.74 Å². The summed E-state index contributed by atoms with van der Waals surface area (Å²) in [6.45, 7) is 5.96. The van der Waals surface area contributed by atoms with Crippen LogP contribution >= 0.6 is 0 Å². The number of para-hydroxylation sites is 2. The number of fused-ring (bicyclic) bond motifs is 2. The molecule has 1 saturated heterocycles. The monoisotopic (exact) mass is 415 g/mol. The number of ether oxygens (including phenoxy) is 1. The molecule has 3 aromatic rings. The first-order valence-electron chi connectivity index (χ1n) is 11.2. The van der Waals surface area contributed by atoms with Gasteiger partial charge in [-0.15, -0.1) is 0 Å². The zero-order valence-corrected chi connectivity index (χ0v) is 18.0. The normalized spacial score (nSPS) is 20.2. The van der Waals surface area contributed by atoms with E-state index in [0.717, 1.165) is 49.3 Å². The topological polar surface area (TPSA) is 45.7 Å². The molecule has 1 fully saturated rings. The van der Waals surface area contributed by atoms with Crippen molar-refractivity contribution in [3.05, 3.63) is 71.9 Å². The van der Waals surface area contributed by atoms with Gasteiger partial charge in [0.05, 0.1) is 12.1 Å². The summed E-state index contributed by atoms with van der Waals surface area (Å²) in [5.74, 6) is 1.50. The van der Waals surface area contributed by atoms with Crippen molar-refractivity contribution in [1.29, 1.82) is 0 Å². The summed E-state index contributed by atoms with van der Waals surface area (Å²) in [7, 11) is 0. The van der Waals surface area contributed by atoms with Crippen molar-refractivity contribution < 1.29 is 9.53 Å². The molecule has 160 valence electrons. The number of hydrogen-bond donors (Lipinski definition) is 0. The Morgan fingerprint density at radius 3 is 2.71 bits per heavy atom. The number of piperidine rings is 1. The van der Waals surface area contributed by atoms with E-state index < -0.39 is 0 Å². The number of nitrogens with zero attached hydrogens (tertiary/aromatic N) is 3. The zero-order valence-electron chi connectivity index (χ0n) is 18.0. The molecule has 2 aliphatic heterocycles. The standard InChI is InChI=1S/C26H29N3O2/c1-19(30)29-17-22-6-2-3-10-24(22)31-25(18-29)20-11-14-28(15-12-20)16-23-8-4-7-21-9-5-13-27-26(21)23/h2-10,13,20,25H,11-12,14-18H2,1H3. The molecule has 0 N–H and O–H groups in total. The van der Waals surface area contributed by atoms with Crippen molar-refractivity contribution in [2.24, 2.45) is 5.92 Å². The van der Waals surface area contributed by atoms with E-state index in [0.29, 0.717) is 19.0 Å². The maximum Gasteiger partial charge on any atom is 0.219 e. The molecule has 31 heavy (non-hydrogen) atoms. The largest absolute Gasteiger partial charge is 0.488 e. The third kappa shape index (κ3) is 4.28. The Hall–Kier alpha value is -2.92. The quantitative estimate of drug-likeness (QED) is 0.641. The van der Waals surface area contributed by atoms with Gasteiger partial charge in [-0.05, 0) is 43.6 Å². The Morgan fingerprint density at radius 1 is 1.06 bits per heavy atom. The molecule has 0 bridgehead atoms.